The summed E-state index contributed by atoms with van der Waals surface area (Å²) in [7, 11) is -3.67. The second-order valence-electron chi connectivity index (χ2n) is 5.65. The molecule has 21 heavy (non-hydrogen) atoms. The fourth-order valence-electron chi connectivity index (χ4n) is 2.47. The van der Waals surface area contributed by atoms with Gasteiger partial charge in [0, 0.05) is 6.04 Å². The van der Waals surface area contributed by atoms with E-state index in [0.29, 0.717) is 0 Å². The molecule has 1 aromatic rings. The maximum Gasteiger partial charge on any atom is 0.241 e. The van der Waals surface area contributed by atoms with Crippen molar-refractivity contribution in [1.82, 2.24) is 10.0 Å². The average Bonchev–Trinajstić information content (AvgIpc) is 2.91. The van der Waals surface area contributed by atoms with Crippen LogP contribution in [0.25, 0.3) is 0 Å². The van der Waals surface area contributed by atoms with Gasteiger partial charge in [-0.1, -0.05) is 30.5 Å². The lowest BCUT2D eigenvalue weighted by Gasteiger charge is -2.17. The van der Waals surface area contributed by atoms with Crippen LogP contribution in [0.15, 0.2) is 29.2 Å². The van der Waals surface area contributed by atoms with Gasteiger partial charge in [-0.15, -0.1) is 0 Å². The van der Waals surface area contributed by atoms with Crippen molar-refractivity contribution in [3.05, 3.63) is 29.8 Å². The molecule has 1 atom stereocenters. The van der Waals surface area contributed by atoms with Gasteiger partial charge in [0.05, 0.1) is 10.9 Å². The molecule has 0 radical (unpaired) electrons. The number of benzene rings is 1. The molecule has 6 heteroatoms. The standard InChI is InChI=1S/C15H22N2O3S/c1-11-7-9-14(10-8-11)21(19,20)17-12(2)15(18)16-13-5-3-4-6-13/h7-10,12-13,17H,3-6H2,1-2H3,(H,16,18). The van der Waals surface area contributed by atoms with E-state index < -0.39 is 16.1 Å². The van der Waals surface area contributed by atoms with E-state index in [-0.39, 0.29) is 16.8 Å². The van der Waals surface area contributed by atoms with E-state index in [4.69, 9.17) is 0 Å². The minimum absolute atomic E-state index is 0.175. The highest BCUT2D eigenvalue weighted by Gasteiger charge is 2.24. The molecule has 0 spiro atoms. The SMILES string of the molecule is Cc1ccc(S(=O)(=O)NC(C)C(=O)NC2CCCC2)cc1. The Hall–Kier alpha value is -1.40. The summed E-state index contributed by atoms with van der Waals surface area (Å²) in [6.45, 7) is 3.46. The van der Waals surface area contributed by atoms with E-state index in [0.717, 1.165) is 31.2 Å². The average molecular weight is 310 g/mol. The molecule has 0 heterocycles. The lowest BCUT2D eigenvalue weighted by atomic mass is 10.2. The quantitative estimate of drug-likeness (QED) is 0.869. The van der Waals surface area contributed by atoms with Gasteiger partial charge in [-0.3, -0.25) is 4.79 Å². The molecule has 0 aromatic heterocycles. The van der Waals surface area contributed by atoms with Crippen LogP contribution < -0.4 is 10.0 Å². The Labute approximate surface area is 126 Å². The zero-order valence-corrected chi connectivity index (χ0v) is 13.2. The summed E-state index contributed by atoms with van der Waals surface area (Å²) in [4.78, 5) is 12.2. The second-order valence-corrected chi connectivity index (χ2v) is 7.36. The van der Waals surface area contributed by atoms with Gasteiger partial charge in [0.25, 0.3) is 0 Å². The molecule has 116 valence electrons. The molecule has 1 fully saturated rings. The van der Waals surface area contributed by atoms with Crippen LogP contribution in [0.1, 0.15) is 38.2 Å². The first-order valence-corrected chi connectivity index (χ1v) is 8.76. The molecule has 1 aliphatic carbocycles. The molecular weight excluding hydrogens is 288 g/mol. The van der Waals surface area contributed by atoms with Crippen LogP contribution in [-0.4, -0.2) is 26.4 Å². The fraction of sp³-hybridized carbons (Fsp3) is 0.533. The molecular formula is C15H22N2O3S. The van der Waals surface area contributed by atoms with Crippen LogP contribution in [0.4, 0.5) is 0 Å². The first-order chi connectivity index (χ1) is 9.88. The third-order valence-electron chi connectivity index (χ3n) is 3.76. The van der Waals surface area contributed by atoms with Gasteiger partial charge in [-0.05, 0) is 38.8 Å². The molecule has 1 unspecified atom stereocenters. The molecule has 1 aliphatic rings. The van der Waals surface area contributed by atoms with Gasteiger partial charge in [0.2, 0.25) is 15.9 Å². The van der Waals surface area contributed by atoms with E-state index in [1.807, 2.05) is 6.92 Å². The van der Waals surface area contributed by atoms with Gasteiger partial charge in [-0.2, -0.15) is 4.72 Å². The molecule has 2 N–H and O–H groups in total. The molecule has 2 rings (SSSR count). The predicted octanol–water partition coefficient (Wildman–Crippen LogP) is 1.72. The van der Waals surface area contributed by atoms with Crippen molar-refractivity contribution in [3.8, 4) is 0 Å². The summed E-state index contributed by atoms with van der Waals surface area (Å²) >= 11 is 0. The Bertz CT molecular complexity index is 590. The minimum atomic E-state index is -3.67. The summed E-state index contributed by atoms with van der Waals surface area (Å²) in [5.41, 5.74) is 0.987. The van der Waals surface area contributed by atoms with Crippen LogP contribution in [0.5, 0.6) is 0 Å². The summed E-state index contributed by atoms with van der Waals surface area (Å²) in [5.74, 6) is -0.266. The number of rotatable bonds is 5. The van der Waals surface area contributed by atoms with Crippen LogP contribution in [-0.2, 0) is 14.8 Å². The van der Waals surface area contributed by atoms with Crippen molar-refractivity contribution in [2.75, 3.05) is 0 Å². The van der Waals surface area contributed by atoms with Crippen LogP contribution in [0.3, 0.4) is 0 Å². The minimum Gasteiger partial charge on any atom is -0.352 e. The lowest BCUT2D eigenvalue weighted by molar-refractivity contribution is -0.123. The third-order valence-corrected chi connectivity index (χ3v) is 5.31. The van der Waals surface area contributed by atoms with Crippen LogP contribution in [0, 0.1) is 6.92 Å². The highest BCUT2D eigenvalue weighted by Crippen LogP contribution is 2.17. The first kappa shape index (κ1) is 16.0. The lowest BCUT2D eigenvalue weighted by Crippen LogP contribution is -2.47. The summed E-state index contributed by atoms with van der Waals surface area (Å²) in [6.07, 6.45) is 4.19. The van der Waals surface area contributed by atoms with Crippen LogP contribution in [0.2, 0.25) is 0 Å². The molecule has 1 aromatic carbocycles. The highest BCUT2D eigenvalue weighted by molar-refractivity contribution is 7.89. The fourth-order valence-corrected chi connectivity index (χ4v) is 3.67. The zero-order chi connectivity index (χ0) is 15.5. The largest absolute Gasteiger partial charge is 0.352 e. The number of amides is 1. The monoisotopic (exact) mass is 310 g/mol. The van der Waals surface area contributed by atoms with Crippen molar-refractivity contribution < 1.29 is 13.2 Å². The number of hydrogen-bond acceptors (Lipinski definition) is 3. The van der Waals surface area contributed by atoms with E-state index in [2.05, 4.69) is 10.0 Å². The molecule has 5 nitrogen and oxygen atoms in total. The van der Waals surface area contributed by atoms with Crippen molar-refractivity contribution in [2.24, 2.45) is 0 Å². The number of carbonyl (C=O) groups excluding carboxylic acids is 1. The zero-order valence-electron chi connectivity index (χ0n) is 12.4. The van der Waals surface area contributed by atoms with Gasteiger partial charge >= 0.3 is 0 Å². The molecule has 0 aliphatic heterocycles. The summed E-state index contributed by atoms with van der Waals surface area (Å²) < 4.78 is 26.8. The topological polar surface area (TPSA) is 75.3 Å². The molecule has 0 bridgehead atoms. The Morgan fingerprint density at radius 2 is 1.76 bits per heavy atom. The second kappa shape index (κ2) is 6.58. The number of hydrogen-bond donors (Lipinski definition) is 2. The predicted molar refractivity (Wildman–Crippen MR) is 81.4 cm³/mol. The first-order valence-electron chi connectivity index (χ1n) is 7.28. The number of carbonyl (C=O) groups is 1. The normalized spacial score (nSPS) is 17.6. The van der Waals surface area contributed by atoms with E-state index in [1.54, 1.807) is 31.2 Å². The van der Waals surface area contributed by atoms with Crippen molar-refractivity contribution in [2.45, 2.75) is 56.5 Å². The highest BCUT2D eigenvalue weighted by atomic mass is 32.2. The number of aryl methyl sites for hydroxylation is 1. The maximum absolute atomic E-state index is 12.2. The smallest absolute Gasteiger partial charge is 0.241 e. The summed E-state index contributed by atoms with van der Waals surface area (Å²) in [5, 5.41) is 2.90. The van der Waals surface area contributed by atoms with Crippen molar-refractivity contribution in [3.63, 3.8) is 0 Å². The molecule has 1 amide bonds. The van der Waals surface area contributed by atoms with Gasteiger partial charge in [-0.25, -0.2) is 8.42 Å². The molecule has 0 saturated heterocycles. The Kier molecular flexibility index (Phi) is 5.00. The Balaban J connectivity index is 1.98. The third kappa shape index (κ3) is 4.28. The summed E-state index contributed by atoms with van der Waals surface area (Å²) in [6, 6.07) is 5.95. The van der Waals surface area contributed by atoms with Crippen LogP contribution >= 0.6 is 0 Å². The maximum atomic E-state index is 12.2. The van der Waals surface area contributed by atoms with E-state index >= 15 is 0 Å². The molecule has 1 saturated carbocycles. The van der Waals surface area contributed by atoms with Crippen molar-refractivity contribution >= 4 is 15.9 Å². The van der Waals surface area contributed by atoms with Gasteiger partial charge < -0.3 is 5.32 Å². The van der Waals surface area contributed by atoms with E-state index in [1.165, 1.54) is 0 Å². The number of nitrogens with one attached hydrogen (secondary N) is 2. The van der Waals surface area contributed by atoms with Crippen molar-refractivity contribution in [1.29, 1.82) is 0 Å². The number of sulfonamides is 1. The van der Waals surface area contributed by atoms with Gasteiger partial charge in [0.15, 0.2) is 0 Å². The van der Waals surface area contributed by atoms with E-state index in [9.17, 15) is 13.2 Å². The van der Waals surface area contributed by atoms with Gasteiger partial charge in [0.1, 0.15) is 0 Å². The Morgan fingerprint density at radius 1 is 1.19 bits per heavy atom. The Morgan fingerprint density at radius 3 is 2.33 bits per heavy atom.